The van der Waals surface area contributed by atoms with Gasteiger partial charge in [0.2, 0.25) is 0 Å². The van der Waals surface area contributed by atoms with Crippen LogP contribution < -0.4 is 10.5 Å². The second-order valence-electron chi connectivity index (χ2n) is 5.77. The Balaban J connectivity index is 2.52. The van der Waals surface area contributed by atoms with Gasteiger partial charge in [0.15, 0.2) is 0 Å². The highest BCUT2D eigenvalue weighted by atomic mass is 16.5. The van der Waals surface area contributed by atoms with Crippen LogP contribution in [-0.4, -0.2) is 13.7 Å². The average molecular weight is 247 g/mol. The first-order chi connectivity index (χ1) is 8.64. The van der Waals surface area contributed by atoms with E-state index in [4.69, 9.17) is 10.5 Å². The van der Waals surface area contributed by atoms with Crippen LogP contribution >= 0.6 is 0 Å². The van der Waals surface area contributed by atoms with Crippen molar-refractivity contribution >= 4 is 0 Å². The molecular formula is C16H25NO. The monoisotopic (exact) mass is 247 g/mol. The zero-order valence-electron chi connectivity index (χ0n) is 11.8. The Morgan fingerprint density at radius 2 is 1.94 bits per heavy atom. The zero-order chi connectivity index (χ0) is 13.2. The number of hydrogen-bond acceptors (Lipinski definition) is 2. The molecule has 18 heavy (non-hydrogen) atoms. The molecule has 1 aromatic rings. The Bertz CT molecular complexity index is 406. The first kappa shape index (κ1) is 13.4. The molecule has 0 saturated heterocycles. The smallest absolute Gasteiger partial charge is 0.126 e. The minimum atomic E-state index is 0.149. The molecule has 0 bridgehead atoms. The molecule has 0 heterocycles. The molecule has 2 N–H and O–H groups in total. The van der Waals surface area contributed by atoms with E-state index in [0.717, 1.165) is 12.3 Å². The van der Waals surface area contributed by atoms with Crippen LogP contribution in [0.5, 0.6) is 5.75 Å². The third kappa shape index (κ3) is 2.14. The predicted octanol–water partition coefficient (Wildman–Crippen LogP) is 3.59. The van der Waals surface area contributed by atoms with Gasteiger partial charge in [0.05, 0.1) is 7.11 Å². The fraction of sp³-hybridized carbons (Fsp3) is 0.625. The molecule has 0 unspecified atom stereocenters. The van der Waals surface area contributed by atoms with Crippen molar-refractivity contribution in [3.63, 3.8) is 0 Å². The Morgan fingerprint density at radius 3 is 2.44 bits per heavy atom. The van der Waals surface area contributed by atoms with Crippen LogP contribution in [0.1, 0.15) is 56.6 Å². The molecule has 0 spiro atoms. The topological polar surface area (TPSA) is 35.2 Å². The molecule has 2 heteroatoms. The van der Waals surface area contributed by atoms with Crippen molar-refractivity contribution in [3.05, 3.63) is 29.3 Å². The molecule has 1 aliphatic carbocycles. The first-order valence-electron chi connectivity index (χ1n) is 7.02. The third-order valence-corrected chi connectivity index (χ3v) is 4.39. The van der Waals surface area contributed by atoms with E-state index in [-0.39, 0.29) is 5.41 Å². The van der Waals surface area contributed by atoms with Crippen LogP contribution in [0.4, 0.5) is 0 Å². The number of benzene rings is 1. The lowest BCUT2D eigenvalue weighted by molar-refractivity contribution is 0.372. The Kier molecular flexibility index (Phi) is 3.96. The van der Waals surface area contributed by atoms with Crippen molar-refractivity contribution in [3.8, 4) is 5.75 Å². The van der Waals surface area contributed by atoms with Gasteiger partial charge in [-0.15, -0.1) is 0 Å². The predicted molar refractivity (Wildman–Crippen MR) is 76.3 cm³/mol. The standard InChI is InChI=1S/C16H25NO/c1-12(2)13-7-6-8-14(15(13)18-3)16(11-17)9-4-5-10-16/h6-8,12H,4-5,9-11,17H2,1-3H3. The van der Waals surface area contributed by atoms with Crippen molar-refractivity contribution in [2.45, 2.75) is 50.9 Å². The molecule has 100 valence electrons. The minimum Gasteiger partial charge on any atom is -0.496 e. The van der Waals surface area contributed by atoms with Gasteiger partial charge < -0.3 is 10.5 Å². The number of nitrogens with two attached hydrogens (primary N) is 1. The van der Waals surface area contributed by atoms with Crippen molar-refractivity contribution in [1.82, 2.24) is 0 Å². The molecule has 0 aromatic heterocycles. The minimum absolute atomic E-state index is 0.149. The molecule has 0 radical (unpaired) electrons. The summed E-state index contributed by atoms with van der Waals surface area (Å²) in [5, 5.41) is 0. The van der Waals surface area contributed by atoms with Crippen molar-refractivity contribution in [2.75, 3.05) is 13.7 Å². The van der Waals surface area contributed by atoms with E-state index in [0.29, 0.717) is 5.92 Å². The van der Waals surface area contributed by atoms with Gasteiger partial charge in [0.1, 0.15) is 5.75 Å². The molecule has 0 aliphatic heterocycles. The highest BCUT2D eigenvalue weighted by molar-refractivity contribution is 5.48. The van der Waals surface area contributed by atoms with Gasteiger partial charge in [-0.05, 0) is 24.3 Å². The lowest BCUT2D eigenvalue weighted by Gasteiger charge is -2.31. The van der Waals surface area contributed by atoms with E-state index in [1.165, 1.54) is 36.8 Å². The van der Waals surface area contributed by atoms with E-state index in [2.05, 4.69) is 32.0 Å². The van der Waals surface area contributed by atoms with Crippen LogP contribution in [0.2, 0.25) is 0 Å². The quantitative estimate of drug-likeness (QED) is 0.882. The summed E-state index contributed by atoms with van der Waals surface area (Å²) in [7, 11) is 1.78. The molecule has 1 saturated carbocycles. The summed E-state index contributed by atoms with van der Waals surface area (Å²) in [4.78, 5) is 0. The third-order valence-electron chi connectivity index (χ3n) is 4.39. The van der Waals surface area contributed by atoms with Gasteiger partial charge in [0, 0.05) is 17.5 Å². The number of hydrogen-bond donors (Lipinski definition) is 1. The molecule has 0 atom stereocenters. The first-order valence-corrected chi connectivity index (χ1v) is 7.02. The number of para-hydroxylation sites is 1. The molecule has 1 fully saturated rings. The average Bonchev–Trinajstić information content (AvgIpc) is 2.87. The van der Waals surface area contributed by atoms with E-state index in [9.17, 15) is 0 Å². The molecule has 2 rings (SSSR count). The van der Waals surface area contributed by atoms with Crippen LogP contribution in [0.15, 0.2) is 18.2 Å². The van der Waals surface area contributed by atoms with Crippen LogP contribution in [0, 0.1) is 0 Å². The van der Waals surface area contributed by atoms with E-state index in [1.807, 2.05) is 0 Å². The summed E-state index contributed by atoms with van der Waals surface area (Å²) in [6.45, 7) is 5.15. The fourth-order valence-corrected chi connectivity index (χ4v) is 3.29. The van der Waals surface area contributed by atoms with E-state index >= 15 is 0 Å². The van der Waals surface area contributed by atoms with E-state index in [1.54, 1.807) is 7.11 Å². The summed E-state index contributed by atoms with van der Waals surface area (Å²) in [6.07, 6.45) is 4.96. The highest BCUT2D eigenvalue weighted by Crippen LogP contribution is 2.46. The van der Waals surface area contributed by atoms with Crippen molar-refractivity contribution in [2.24, 2.45) is 5.73 Å². The normalized spacial score (nSPS) is 18.3. The van der Waals surface area contributed by atoms with Crippen LogP contribution in [0.25, 0.3) is 0 Å². The van der Waals surface area contributed by atoms with Crippen molar-refractivity contribution < 1.29 is 4.74 Å². The highest BCUT2D eigenvalue weighted by Gasteiger charge is 2.37. The van der Waals surface area contributed by atoms with Gasteiger partial charge >= 0.3 is 0 Å². The lowest BCUT2D eigenvalue weighted by Crippen LogP contribution is -2.32. The molecule has 0 amide bonds. The largest absolute Gasteiger partial charge is 0.496 e. The van der Waals surface area contributed by atoms with Gasteiger partial charge in [-0.3, -0.25) is 0 Å². The fourth-order valence-electron chi connectivity index (χ4n) is 3.29. The van der Waals surface area contributed by atoms with Gasteiger partial charge in [-0.1, -0.05) is 44.9 Å². The second kappa shape index (κ2) is 5.31. The zero-order valence-corrected chi connectivity index (χ0v) is 11.8. The summed E-state index contributed by atoms with van der Waals surface area (Å²) in [6, 6.07) is 6.54. The van der Waals surface area contributed by atoms with Crippen molar-refractivity contribution in [1.29, 1.82) is 0 Å². The maximum absolute atomic E-state index is 6.10. The maximum atomic E-state index is 6.10. The number of rotatable bonds is 4. The van der Waals surface area contributed by atoms with Crippen LogP contribution in [-0.2, 0) is 5.41 Å². The molecule has 1 aliphatic rings. The van der Waals surface area contributed by atoms with Crippen LogP contribution in [0.3, 0.4) is 0 Å². The molecule has 1 aromatic carbocycles. The molecular weight excluding hydrogens is 222 g/mol. The Morgan fingerprint density at radius 1 is 1.28 bits per heavy atom. The second-order valence-corrected chi connectivity index (χ2v) is 5.77. The maximum Gasteiger partial charge on any atom is 0.126 e. The number of ether oxygens (including phenoxy) is 1. The SMILES string of the molecule is COc1c(C(C)C)cccc1C1(CN)CCCC1. The Labute approximate surface area is 111 Å². The summed E-state index contributed by atoms with van der Waals surface area (Å²) >= 11 is 0. The van der Waals surface area contributed by atoms with Gasteiger partial charge in [0.25, 0.3) is 0 Å². The molecule has 2 nitrogen and oxygen atoms in total. The summed E-state index contributed by atoms with van der Waals surface area (Å²) in [5.41, 5.74) is 8.87. The summed E-state index contributed by atoms with van der Waals surface area (Å²) in [5.74, 6) is 1.55. The van der Waals surface area contributed by atoms with Gasteiger partial charge in [-0.2, -0.15) is 0 Å². The lowest BCUT2D eigenvalue weighted by atomic mass is 9.77. The van der Waals surface area contributed by atoms with E-state index < -0.39 is 0 Å². The Hall–Kier alpha value is -1.02. The summed E-state index contributed by atoms with van der Waals surface area (Å²) < 4.78 is 5.72. The number of methoxy groups -OCH3 is 1. The van der Waals surface area contributed by atoms with Gasteiger partial charge in [-0.25, -0.2) is 0 Å².